The molecule has 2 heteroatoms. The van der Waals surface area contributed by atoms with E-state index in [1.807, 2.05) is 0 Å². The van der Waals surface area contributed by atoms with Crippen molar-refractivity contribution in [2.75, 3.05) is 6.61 Å². The molecule has 0 aliphatic heterocycles. The van der Waals surface area contributed by atoms with Gasteiger partial charge in [-0.2, -0.15) is 0 Å². The number of aliphatic hydroxyl groups excluding tert-OH is 1. The first-order valence-corrected chi connectivity index (χ1v) is 6.24. The van der Waals surface area contributed by atoms with Crippen LogP contribution in [0, 0.1) is 11.3 Å². The third-order valence-electron chi connectivity index (χ3n) is 3.93. The van der Waals surface area contributed by atoms with Crippen LogP contribution in [-0.4, -0.2) is 23.9 Å². The van der Waals surface area contributed by atoms with E-state index in [2.05, 4.69) is 20.8 Å². The fraction of sp³-hybridized carbons (Fsp3) is 1.00. The van der Waals surface area contributed by atoms with Crippen molar-refractivity contribution in [1.82, 2.24) is 0 Å². The van der Waals surface area contributed by atoms with Crippen LogP contribution in [0.25, 0.3) is 0 Å². The Labute approximate surface area is 94.0 Å². The molecule has 1 N–H and O–H groups in total. The molecule has 1 saturated carbocycles. The lowest BCUT2D eigenvalue weighted by Crippen LogP contribution is -2.35. The Morgan fingerprint density at radius 3 is 2.60 bits per heavy atom. The Balaban J connectivity index is 2.42. The van der Waals surface area contributed by atoms with Crippen molar-refractivity contribution in [3.05, 3.63) is 0 Å². The lowest BCUT2D eigenvalue weighted by molar-refractivity contribution is -0.0526. The minimum atomic E-state index is -0.336. The Morgan fingerprint density at radius 1 is 1.40 bits per heavy atom. The molecule has 0 heterocycles. The van der Waals surface area contributed by atoms with Crippen molar-refractivity contribution in [3.8, 4) is 0 Å². The minimum Gasteiger partial charge on any atom is -0.391 e. The summed E-state index contributed by atoms with van der Waals surface area (Å²) in [5.74, 6) is 0.718. The molecule has 0 amide bonds. The molecule has 0 aromatic heterocycles. The minimum absolute atomic E-state index is 0.336. The van der Waals surface area contributed by atoms with Gasteiger partial charge in [-0.15, -0.1) is 0 Å². The predicted molar refractivity (Wildman–Crippen MR) is 62.8 cm³/mol. The zero-order chi connectivity index (χ0) is 11.5. The van der Waals surface area contributed by atoms with Crippen LogP contribution in [0.15, 0.2) is 0 Å². The van der Waals surface area contributed by atoms with Crippen LogP contribution in [0.3, 0.4) is 0 Å². The van der Waals surface area contributed by atoms with Crippen LogP contribution in [0.1, 0.15) is 53.4 Å². The van der Waals surface area contributed by atoms with Crippen LogP contribution in [0.5, 0.6) is 0 Å². The maximum absolute atomic E-state index is 9.20. The fourth-order valence-corrected chi connectivity index (χ4v) is 2.40. The van der Waals surface area contributed by atoms with E-state index in [9.17, 15) is 5.11 Å². The van der Waals surface area contributed by atoms with Gasteiger partial charge >= 0.3 is 0 Å². The smallest absolute Gasteiger partial charge is 0.0745 e. The van der Waals surface area contributed by atoms with Gasteiger partial charge in [-0.05, 0) is 37.5 Å². The molecule has 0 spiro atoms. The summed E-state index contributed by atoms with van der Waals surface area (Å²) in [6, 6.07) is 0. The van der Waals surface area contributed by atoms with E-state index in [4.69, 9.17) is 4.74 Å². The second-order valence-corrected chi connectivity index (χ2v) is 5.71. The molecule has 1 fully saturated rings. The molecular formula is C13H26O2. The molecule has 0 saturated heterocycles. The molecule has 2 nitrogen and oxygen atoms in total. The molecule has 0 aromatic rings. The highest BCUT2D eigenvalue weighted by molar-refractivity contribution is 4.85. The second-order valence-electron chi connectivity index (χ2n) is 5.71. The van der Waals surface area contributed by atoms with Crippen molar-refractivity contribution in [3.63, 3.8) is 0 Å². The lowest BCUT2D eigenvalue weighted by atomic mass is 9.67. The molecule has 0 radical (unpaired) electrons. The van der Waals surface area contributed by atoms with Crippen LogP contribution < -0.4 is 0 Å². The molecule has 3 unspecified atom stereocenters. The van der Waals surface area contributed by atoms with Crippen molar-refractivity contribution >= 4 is 0 Å². The monoisotopic (exact) mass is 214 g/mol. The van der Waals surface area contributed by atoms with E-state index in [1.54, 1.807) is 6.92 Å². The van der Waals surface area contributed by atoms with E-state index in [1.165, 1.54) is 12.8 Å². The van der Waals surface area contributed by atoms with Gasteiger partial charge in [-0.3, -0.25) is 0 Å². The van der Waals surface area contributed by atoms with Gasteiger partial charge in [0.2, 0.25) is 0 Å². The molecule has 90 valence electrons. The fourth-order valence-electron chi connectivity index (χ4n) is 2.40. The zero-order valence-electron chi connectivity index (χ0n) is 10.6. The third kappa shape index (κ3) is 3.76. The summed E-state index contributed by atoms with van der Waals surface area (Å²) < 4.78 is 5.74. The average Bonchev–Trinajstić information content (AvgIpc) is 2.15. The van der Waals surface area contributed by atoms with E-state index in [-0.39, 0.29) is 6.10 Å². The first kappa shape index (κ1) is 13.0. The molecule has 0 bridgehead atoms. The second kappa shape index (κ2) is 5.31. The summed E-state index contributed by atoms with van der Waals surface area (Å²) in [6.45, 7) is 9.24. The molecule has 3 atom stereocenters. The van der Waals surface area contributed by atoms with Gasteiger partial charge < -0.3 is 9.84 Å². The molecule has 1 aliphatic carbocycles. The molecule has 0 aromatic carbocycles. The van der Waals surface area contributed by atoms with E-state index in [0.717, 1.165) is 18.8 Å². The molecule has 15 heavy (non-hydrogen) atoms. The Hall–Kier alpha value is -0.0800. The summed E-state index contributed by atoms with van der Waals surface area (Å²) in [7, 11) is 0. The van der Waals surface area contributed by atoms with Gasteiger partial charge in [0.1, 0.15) is 0 Å². The van der Waals surface area contributed by atoms with Gasteiger partial charge in [0, 0.05) is 0 Å². The zero-order valence-corrected chi connectivity index (χ0v) is 10.6. The molecule has 1 aliphatic rings. The van der Waals surface area contributed by atoms with E-state index < -0.39 is 0 Å². The lowest BCUT2D eigenvalue weighted by Gasteiger charge is -2.41. The maximum atomic E-state index is 9.20. The SMILES string of the molecule is CC(O)COC1CCCC(C)(C(C)C)C1. The van der Waals surface area contributed by atoms with Crippen LogP contribution >= 0.6 is 0 Å². The van der Waals surface area contributed by atoms with Crippen molar-refractivity contribution in [2.24, 2.45) is 11.3 Å². The van der Waals surface area contributed by atoms with Gasteiger partial charge in [-0.25, -0.2) is 0 Å². The number of hydrogen-bond donors (Lipinski definition) is 1. The van der Waals surface area contributed by atoms with E-state index in [0.29, 0.717) is 18.1 Å². The average molecular weight is 214 g/mol. The van der Waals surface area contributed by atoms with Crippen molar-refractivity contribution < 1.29 is 9.84 Å². The van der Waals surface area contributed by atoms with Gasteiger partial charge in [0.05, 0.1) is 18.8 Å². The molecule has 1 rings (SSSR count). The summed E-state index contributed by atoms with van der Waals surface area (Å²) in [4.78, 5) is 0. The number of rotatable bonds is 4. The normalized spacial score (nSPS) is 34.4. The molecular weight excluding hydrogens is 188 g/mol. The summed E-state index contributed by atoms with van der Waals surface area (Å²) >= 11 is 0. The number of aliphatic hydroxyl groups is 1. The van der Waals surface area contributed by atoms with Crippen molar-refractivity contribution in [1.29, 1.82) is 0 Å². The first-order valence-electron chi connectivity index (χ1n) is 6.24. The quantitative estimate of drug-likeness (QED) is 0.779. The number of ether oxygens (including phenoxy) is 1. The third-order valence-corrected chi connectivity index (χ3v) is 3.93. The topological polar surface area (TPSA) is 29.5 Å². The maximum Gasteiger partial charge on any atom is 0.0745 e. The van der Waals surface area contributed by atoms with Crippen LogP contribution in [0.2, 0.25) is 0 Å². The highest BCUT2D eigenvalue weighted by atomic mass is 16.5. The van der Waals surface area contributed by atoms with E-state index >= 15 is 0 Å². The summed E-state index contributed by atoms with van der Waals surface area (Å²) in [5, 5.41) is 9.20. The largest absolute Gasteiger partial charge is 0.391 e. The van der Waals surface area contributed by atoms with Gasteiger partial charge in [-0.1, -0.05) is 27.2 Å². The summed E-state index contributed by atoms with van der Waals surface area (Å²) in [6.07, 6.45) is 4.92. The summed E-state index contributed by atoms with van der Waals surface area (Å²) in [5.41, 5.74) is 0.432. The van der Waals surface area contributed by atoms with Gasteiger partial charge in [0.15, 0.2) is 0 Å². The number of hydrogen-bond acceptors (Lipinski definition) is 2. The Bertz CT molecular complexity index is 189. The predicted octanol–water partition coefficient (Wildman–Crippen LogP) is 2.99. The highest BCUT2D eigenvalue weighted by Gasteiger charge is 2.35. The van der Waals surface area contributed by atoms with Crippen LogP contribution in [0.4, 0.5) is 0 Å². The van der Waals surface area contributed by atoms with Crippen LogP contribution in [-0.2, 0) is 4.74 Å². The van der Waals surface area contributed by atoms with Gasteiger partial charge in [0.25, 0.3) is 0 Å². The van der Waals surface area contributed by atoms with Crippen molar-refractivity contribution in [2.45, 2.75) is 65.6 Å². The Kier molecular flexibility index (Phi) is 4.60. The first-order chi connectivity index (χ1) is 6.94. The standard InChI is InChI=1S/C13H26O2/c1-10(2)13(4)7-5-6-12(8-13)15-9-11(3)14/h10-12,14H,5-9H2,1-4H3. The Morgan fingerprint density at radius 2 is 2.07 bits per heavy atom. The highest BCUT2D eigenvalue weighted by Crippen LogP contribution is 2.42.